The van der Waals surface area contributed by atoms with Crippen LogP contribution in [0.25, 0.3) is 0 Å². The predicted molar refractivity (Wildman–Crippen MR) is 65.5 cm³/mol. The topological polar surface area (TPSA) is 52.6 Å². The second-order valence-electron chi connectivity index (χ2n) is 3.87. The van der Waals surface area contributed by atoms with Gasteiger partial charge in [-0.15, -0.1) is 0 Å². The van der Waals surface area contributed by atoms with Gasteiger partial charge < -0.3 is 9.47 Å². The van der Waals surface area contributed by atoms with Crippen LogP contribution in [0.5, 0.6) is 0 Å². The summed E-state index contributed by atoms with van der Waals surface area (Å²) in [4.78, 5) is 22.4. The van der Waals surface area contributed by atoms with Gasteiger partial charge in [0.05, 0.1) is 26.1 Å². The second kappa shape index (κ2) is 9.87. The number of ether oxygens (including phenoxy) is 2. The molecule has 0 bridgehead atoms. The molecule has 98 valence electrons. The van der Waals surface area contributed by atoms with E-state index in [0.29, 0.717) is 13.2 Å². The molecule has 0 aliphatic carbocycles. The van der Waals surface area contributed by atoms with Gasteiger partial charge in [-0.2, -0.15) is 0 Å². The van der Waals surface area contributed by atoms with Crippen LogP contribution >= 0.6 is 0 Å². The zero-order valence-electron chi connectivity index (χ0n) is 11.0. The van der Waals surface area contributed by atoms with Crippen molar-refractivity contribution >= 4 is 11.9 Å². The van der Waals surface area contributed by atoms with Gasteiger partial charge >= 0.3 is 11.9 Å². The summed E-state index contributed by atoms with van der Waals surface area (Å²) in [6, 6.07) is 0. The number of carbonyl (C=O) groups is 2. The zero-order chi connectivity index (χ0) is 13.1. The molecule has 0 atom stereocenters. The van der Waals surface area contributed by atoms with Crippen LogP contribution in [0.4, 0.5) is 0 Å². The van der Waals surface area contributed by atoms with Crippen LogP contribution in [0.2, 0.25) is 0 Å². The van der Waals surface area contributed by atoms with Gasteiger partial charge in [-0.05, 0) is 19.8 Å². The summed E-state index contributed by atoms with van der Waals surface area (Å²) in [5, 5.41) is 0. The SMILES string of the molecule is CCCOC(=O)CC=C(C)CC(=O)OCCC. The van der Waals surface area contributed by atoms with Gasteiger partial charge in [0, 0.05) is 0 Å². The van der Waals surface area contributed by atoms with Crippen molar-refractivity contribution in [1.29, 1.82) is 0 Å². The Balaban J connectivity index is 3.84. The molecule has 0 saturated heterocycles. The van der Waals surface area contributed by atoms with Crippen LogP contribution in [-0.4, -0.2) is 25.2 Å². The van der Waals surface area contributed by atoms with E-state index >= 15 is 0 Å². The Labute approximate surface area is 103 Å². The van der Waals surface area contributed by atoms with Crippen molar-refractivity contribution in [2.45, 2.75) is 46.5 Å². The summed E-state index contributed by atoms with van der Waals surface area (Å²) in [5.74, 6) is -0.504. The third-order valence-electron chi connectivity index (χ3n) is 1.97. The number of hydrogen-bond acceptors (Lipinski definition) is 4. The lowest BCUT2D eigenvalue weighted by atomic mass is 10.2. The van der Waals surface area contributed by atoms with Crippen molar-refractivity contribution in [3.63, 3.8) is 0 Å². The number of carbonyl (C=O) groups excluding carboxylic acids is 2. The summed E-state index contributed by atoms with van der Waals surface area (Å²) >= 11 is 0. The highest BCUT2D eigenvalue weighted by atomic mass is 16.5. The van der Waals surface area contributed by atoms with Crippen molar-refractivity contribution in [2.24, 2.45) is 0 Å². The minimum absolute atomic E-state index is 0.215. The fourth-order valence-electron chi connectivity index (χ4n) is 1.10. The Morgan fingerprint density at radius 3 is 2.06 bits per heavy atom. The van der Waals surface area contributed by atoms with E-state index in [1.807, 2.05) is 13.8 Å². The Kier molecular flexibility index (Phi) is 9.11. The molecule has 0 spiro atoms. The Hall–Kier alpha value is -1.32. The van der Waals surface area contributed by atoms with E-state index in [0.717, 1.165) is 18.4 Å². The summed E-state index contributed by atoms with van der Waals surface area (Å²) < 4.78 is 9.85. The molecule has 0 unspecified atom stereocenters. The second-order valence-corrected chi connectivity index (χ2v) is 3.87. The van der Waals surface area contributed by atoms with Gasteiger partial charge in [0.1, 0.15) is 0 Å². The van der Waals surface area contributed by atoms with Gasteiger partial charge in [0.25, 0.3) is 0 Å². The van der Waals surface area contributed by atoms with E-state index in [4.69, 9.17) is 9.47 Å². The van der Waals surface area contributed by atoms with Crippen molar-refractivity contribution in [3.05, 3.63) is 11.6 Å². The molecule has 0 amide bonds. The smallest absolute Gasteiger partial charge is 0.309 e. The van der Waals surface area contributed by atoms with Gasteiger partial charge in [-0.25, -0.2) is 0 Å². The Bertz CT molecular complexity index is 269. The molecule has 4 heteroatoms. The first-order chi connectivity index (χ1) is 8.10. The van der Waals surface area contributed by atoms with E-state index in [2.05, 4.69) is 0 Å². The first-order valence-corrected chi connectivity index (χ1v) is 6.07. The number of hydrogen-bond donors (Lipinski definition) is 0. The monoisotopic (exact) mass is 242 g/mol. The molecular weight excluding hydrogens is 220 g/mol. The normalized spacial score (nSPS) is 11.1. The zero-order valence-corrected chi connectivity index (χ0v) is 11.0. The molecule has 0 N–H and O–H groups in total. The lowest BCUT2D eigenvalue weighted by molar-refractivity contribution is -0.144. The molecule has 4 nitrogen and oxygen atoms in total. The number of esters is 2. The van der Waals surface area contributed by atoms with Crippen molar-refractivity contribution < 1.29 is 19.1 Å². The van der Waals surface area contributed by atoms with E-state index in [9.17, 15) is 9.59 Å². The first kappa shape index (κ1) is 15.7. The maximum absolute atomic E-state index is 11.2. The summed E-state index contributed by atoms with van der Waals surface area (Å²) in [7, 11) is 0. The molecule has 0 heterocycles. The van der Waals surface area contributed by atoms with Crippen LogP contribution in [0.15, 0.2) is 11.6 Å². The average molecular weight is 242 g/mol. The molecule has 0 aromatic rings. The highest BCUT2D eigenvalue weighted by molar-refractivity contribution is 5.74. The maximum Gasteiger partial charge on any atom is 0.309 e. The first-order valence-electron chi connectivity index (χ1n) is 6.07. The standard InChI is InChI=1S/C13H22O4/c1-4-8-16-12(14)7-6-11(3)10-13(15)17-9-5-2/h6H,4-5,7-10H2,1-3H3. The fourth-order valence-corrected chi connectivity index (χ4v) is 1.10. The molecule has 0 aromatic heterocycles. The van der Waals surface area contributed by atoms with Crippen LogP contribution in [-0.2, 0) is 19.1 Å². The quantitative estimate of drug-likeness (QED) is 0.485. The minimum Gasteiger partial charge on any atom is -0.465 e. The molecule has 0 fully saturated rings. The fraction of sp³-hybridized carbons (Fsp3) is 0.692. The molecule has 17 heavy (non-hydrogen) atoms. The third kappa shape index (κ3) is 9.60. The average Bonchev–Trinajstić information content (AvgIpc) is 2.31. The van der Waals surface area contributed by atoms with Crippen molar-refractivity contribution in [2.75, 3.05) is 13.2 Å². The summed E-state index contributed by atoms with van der Waals surface area (Å²) in [6.45, 7) is 6.59. The highest BCUT2D eigenvalue weighted by Crippen LogP contribution is 2.04. The van der Waals surface area contributed by atoms with Gasteiger partial charge in [0.15, 0.2) is 0 Å². The minimum atomic E-state index is -0.256. The van der Waals surface area contributed by atoms with Crippen LogP contribution < -0.4 is 0 Å². The van der Waals surface area contributed by atoms with Crippen LogP contribution in [0.1, 0.15) is 46.5 Å². The van der Waals surface area contributed by atoms with Crippen molar-refractivity contribution in [3.8, 4) is 0 Å². The number of rotatable bonds is 8. The lowest BCUT2D eigenvalue weighted by Gasteiger charge is -2.03. The molecule has 0 saturated carbocycles. The van der Waals surface area contributed by atoms with E-state index in [1.54, 1.807) is 13.0 Å². The summed E-state index contributed by atoms with van der Waals surface area (Å²) in [6.07, 6.45) is 3.80. The van der Waals surface area contributed by atoms with E-state index < -0.39 is 0 Å². The van der Waals surface area contributed by atoms with Crippen LogP contribution in [0, 0.1) is 0 Å². The third-order valence-corrected chi connectivity index (χ3v) is 1.97. The van der Waals surface area contributed by atoms with E-state index in [-0.39, 0.29) is 24.8 Å². The van der Waals surface area contributed by atoms with Gasteiger partial charge in [0.2, 0.25) is 0 Å². The molecule has 0 aromatic carbocycles. The molecular formula is C13H22O4. The summed E-state index contributed by atoms with van der Waals surface area (Å²) in [5.41, 5.74) is 0.833. The highest BCUT2D eigenvalue weighted by Gasteiger charge is 2.04. The maximum atomic E-state index is 11.2. The Morgan fingerprint density at radius 1 is 1.00 bits per heavy atom. The van der Waals surface area contributed by atoms with Gasteiger partial charge in [-0.1, -0.05) is 25.5 Å². The lowest BCUT2D eigenvalue weighted by Crippen LogP contribution is -2.06. The molecule has 0 aliphatic heterocycles. The van der Waals surface area contributed by atoms with Crippen LogP contribution in [0.3, 0.4) is 0 Å². The molecule has 0 aliphatic rings. The van der Waals surface area contributed by atoms with E-state index in [1.165, 1.54) is 0 Å². The van der Waals surface area contributed by atoms with Gasteiger partial charge in [-0.3, -0.25) is 9.59 Å². The van der Waals surface area contributed by atoms with Crippen molar-refractivity contribution in [1.82, 2.24) is 0 Å². The predicted octanol–water partition coefficient (Wildman–Crippen LogP) is 2.62. The largest absolute Gasteiger partial charge is 0.465 e. The molecule has 0 radical (unpaired) electrons. The Morgan fingerprint density at radius 2 is 1.53 bits per heavy atom. The molecule has 0 rings (SSSR count).